The Kier molecular flexibility index (Phi) is 6.44. The van der Waals surface area contributed by atoms with Crippen LogP contribution in [0, 0.1) is 0 Å². The summed E-state index contributed by atoms with van der Waals surface area (Å²) in [6.45, 7) is 5.53. The van der Waals surface area contributed by atoms with Gasteiger partial charge in [0.15, 0.2) is 11.5 Å². The van der Waals surface area contributed by atoms with Gasteiger partial charge >= 0.3 is 0 Å². The maximum absolute atomic E-state index is 13.3. The van der Waals surface area contributed by atoms with E-state index in [2.05, 4.69) is 36.1 Å². The molecule has 0 radical (unpaired) electrons. The minimum atomic E-state index is -0.0885. The highest BCUT2D eigenvalue weighted by atomic mass is 16.5. The lowest BCUT2D eigenvalue weighted by Gasteiger charge is -2.31. The quantitative estimate of drug-likeness (QED) is 0.548. The van der Waals surface area contributed by atoms with E-state index >= 15 is 0 Å². The van der Waals surface area contributed by atoms with Crippen LogP contribution in [-0.4, -0.2) is 48.3 Å². The average Bonchev–Trinajstić information content (AvgIpc) is 3.33. The number of para-hydroxylation sites is 1. The molecule has 3 aromatic rings. The first kappa shape index (κ1) is 21.9. The molecule has 0 N–H and O–H groups in total. The van der Waals surface area contributed by atoms with Crippen LogP contribution in [0.5, 0.6) is 11.5 Å². The lowest BCUT2D eigenvalue weighted by Crippen LogP contribution is -2.39. The first-order chi connectivity index (χ1) is 15.5. The summed E-state index contributed by atoms with van der Waals surface area (Å²) in [7, 11) is 3.11. The standard InChI is InChI=1S/C25H29N3O4/c1-16(2)17-10-12-18(13-11-17)23-26-24(32-27-23)19-7-6-14-28(15-19)25(29)20-8-5-9-21(30-3)22(20)31-4/h5,8-13,16,19H,6-7,14-15H2,1-4H3. The van der Waals surface area contributed by atoms with E-state index < -0.39 is 0 Å². The highest BCUT2D eigenvalue weighted by molar-refractivity contribution is 5.98. The van der Waals surface area contributed by atoms with Gasteiger partial charge in [-0.25, -0.2) is 0 Å². The van der Waals surface area contributed by atoms with Crippen molar-refractivity contribution in [1.82, 2.24) is 15.0 Å². The monoisotopic (exact) mass is 435 g/mol. The van der Waals surface area contributed by atoms with E-state index in [4.69, 9.17) is 14.0 Å². The third-order valence-corrected chi connectivity index (χ3v) is 5.97. The van der Waals surface area contributed by atoms with E-state index in [1.54, 1.807) is 32.4 Å². The summed E-state index contributed by atoms with van der Waals surface area (Å²) >= 11 is 0. The Morgan fingerprint density at radius 2 is 1.91 bits per heavy atom. The fourth-order valence-corrected chi connectivity index (χ4v) is 4.12. The Bertz CT molecular complexity index is 1080. The number of hydrogen-bond acceptors (Lipinski definition) is 6. The first-order valence-corrected chi connectivity index (χ1v) is 11.0. The van der Waals surface area contributed by atoms with Gasteiger partial charge in [0.1, 0.15) is 0 Å². The molecule has 1 saturated heterocycles. The molecular weight excluding hydrogens is 406 g/mol. The molecule has 1 unspecified atom stereocenters. The Hall–Kier alpha value is -3.35. The van der Waals surface area contributed by atoms with Gasteiger partial charge in [-0.1, -0.05) is 49.3 Å². The summed E-state index contributed by atoms with van der Waals surface area (Å²) in [5, 5.41) is 4.19. The van der Waals surface area contributed by atoms with Crippen LogP contribution < -0.4 is 9.47 Å². The molecule has 0 spiro atoms. The highest BCUT2D eigenvalue weighted by Gasteiger charge is 2.31. The Labute approximate surface area is 188 Å². The molecule has 7 nitrogen and oxygen atoms in total. The van der Waals surface area contributed by atoms with E-state index in [-0.39, 0.29) is 11.8 Å². The van der Waals surface area contributed by atoms with Crippen LogP contribution >= 0.6 is 0 Å². The second-order valence-electron chi connectivity index (χ2n) is 8.36. The van der Waals surface area contributed by atoms with Crippen molar-refractivity contribution in [1.29, 1.82) is 0 Å². The molecule has 2 aromatic carbocycles. The SMILES string of the molecule is COc1cccc(C(=O)N2CCCC(c3nc(-c4ccc(C(C)C)cc4)no3)C2)c1OC. The third kappa shape index (κ3) is 4.33. The predicted molar refractivity (Wildman–Crippen MR) is 121 cm³/mol. The lowest BCUT2D eigenvalue weighted by atomic mass is 9.97. The number of piperidine rings is 1. The Morgan fingerprint density at radius 1 is 1.12 bits per heavy atom. The molecule has 7 heteroatoms. The van der Waals surface area contributed by atoms with Gasteiger partial charge in [0.25, 0.3) is 5.91 Å². The zero-order valence-electron chi connectivity index (χ0n) is 19.0. The highest BCUT2D eigenvalue weighted by Crippen LogP contribution is 2.34. The first-order valence-electron chi connectivity index (χ1n) is 11.0. The Balaban J connectivity index is 1.51. The molecule has 168 valence electrons. The molecule has 4 rings (SSSR count). The number of likely N-dealkylation sites (tertiary alicyclic amines) is 1. The van der Waals surface area contributed by atoms with Gasteiger partial charge in [-0.3, -0.25) is 4.79 Å². The van der Waals surface area contributed by atoms with Gasteiger partial charge in [0.2, 0.25) is 11.7 Å². The van der Waals surface area contributed by atoms with Crippen LogP contribution in [0.4, 0.5) is 0 Å². The summed E-state index contributed by atoms with van der Waals surface area (Å²) in [5.74, 6) is 2.52. The molecule has 0 bridgehead atoms. The maximum Gasteiger partial charge on any atom is 0.257 e. The van der Waals surface area contributed by atoms with Crippen molar-refractivity contribution in [2.75, 3.05) is 27.3 Å². The number of methoxy groups -OCH3 is 2. The number of rotatable bonds is 6. The summed E-state index contributed by atoms with van der Waals surface area (Å²) in [6.07, 6.45) is 1.76. The van der Waals surface area contributed by atoms with Crippen molar-refractivity contribution in [3.8, 4) is 22.9 Å². The van der Waals surface area contributed by atoms with Crippen LogP contribution in [0.15, 0.2) is 47.0 Å². The van der Waals surface area contributed by atoms with E-state index in [0.29, 0.717) is 47.8 Å². The van der Waals surface area contributed by atoms with Crippen molar-refractivity contribution in [3.05, 3.63) is 59.5 Å². The molecule has 1 atom stereocenters. The number of aromatic nitrogens is 2. The van der Waals surface area contributed by atoms with E-state index in [1.807, 2.05) is 17.0 Å². The van der Waals surface area contributed by atoms with Crippen molar-refractivity contribution >= 4 is 5.91 Å². The summed E-state index contributed by atoms with van der Waals surface area (Å²) in [4.78, 5) is 19.7. The van der Waals surface area contributed by atoms with Crippen molar-refractivity contribution < 1.29 is 18.8 Å². The number of carbonyl (C=O) groups excluding carboxylic acids is 1. The largest absolute Gasteiger partial charge is 0.493 e. The molecule has 1 aromatic heterocycles. The molecule has 1 aliphatic rings. The number of nitrogens with zero attached hydrogens (tertiary/aromatic N) is 3. The molecule has 0 saturated carbocycles. The molecule has 32 heavy (non-hydrogen) atoms. The van der Waals surface area contributed by atoms with E-state index in [1.165, 1.54) is 5.56 Å². The maximum atomic E-state index is 13.3. The number of carbonyl (C=O) groups is 1. The van der Waals surface area contributed by atoms with Gasteiger partial charge in [0.05, 0.1) is 25.7 Å². The predicted octanol–water partition coefficient (Wildman–Crippen LogP) is 4.90. The second-order valence-corrected chi connectivity index (χ2v) is 8.36. The second kappa shape index (κ2) is 9.42. The molecule has 1 amide bonds. The van der Waals surface area contributed by atoms with Crippen molar-refractivity contribution in [2.24, 2.45) is 0 Å². The van der Waals surface area contributed by atoms with Gasteiger partial charge in [0, 0.05) is 18.7 Å². The van der Waals surface area contributed by atoms with Gasteiger partial charge in [-0.05, 0) is 36.5 Å². The summed E-state index contributed by atoms with van der Waals surface area (Å²) < 4.78 is 16.4. The van der Waals surface area contributed by atoms with Crippen molar-refractivity contribution in [2.45, 2.75) is 38.5 Å². The van der Waals surface area contributed by atoms with Crippen molar-refractivity contribution in [3.63, 3.8) is 0 Å². The zero-order valence-corrected chi connectivity index (χ0v) is 19.0. The van der Waals surface area contributed by atoms with E-state index in [0.717, 1.165) is 18.4 Å². The molecule has 1 aliphatic heterocycles. The van der Waals surface area contributed by atoms with Gasteiger partial charge in [-0.15, -0.1) is 0 Å². The van der Waals surface area contributed by atoms with E-state index in [9.17, 15) is 4.79 Å². The number of benzene rings is 2. The fourth-order valence-electron chi connectivity index (χ4n) is 4.12. The summed E-state index contributed by atoms with van der Waals surface area (Å²) in [6, 6.07) is 13.6. The number of ether oxygens (including phenoxy) is 2. The Morgan fingerprint density at radius 3 is 2.59 bits per heavy atom. The molecule has 1 fully saturated rings. The minimum Gasteiger partial charge on any atom is -0.493 e. The van der Waals surface area contributed by atoms with Gasteiger partial charge < -0.3 is 18.9 Å². The average molecular weight is 436 g/mol. The lowest BCUT2D eigenvalue weighted by molar-refractivity contribution is 0.0691. The van der Waals surface area contributed by atoms with Crippen LogP contribution in [0.1, 0.15) is 60.3 Å². The molecular formula is C25H29N3O4. The smallest absolute Gasteiger partial charge is 0.257 e. The van der Waals surface area contributed by atoms with Crippen LogP contribution in [-0.2, 0) is 0 Å². The molecule has 2 heterocycles. The fraction of sp³-hybridized carbons (Fsp3) is 0.400. The molecule has 0 aliphatic carbocycles. The minimum absolute atomic E-state index is 0.000454. The number of hydrogen-bond donors (Lipinski definition) is 0. The van der Waals surface area contributed by atoms with Crippen LogP contribution in [0.3, 0.4) is 0 Å². The topological polar surface area (TPSA) is 77.7 Å². The van der Waals surface area contributed by atoms with Crippen LogP contribution in [0.2, 0.25) is 0 Å². The van der Waals surface area contributed by atoms with Gasteiger partial charge in [-0.2, -0.15) is 4.98 Å². The third-order valence-electron chi connectivity index (χ3n) is 5.97. The normalized spacial score (nSPS) is 16.3. The van der Waals surface area contributed by atoms with Crippen LogP contribution in [0.25, 0.3) is 11.4 Å². The summed E-state index contributed by atoms with van der Waals surface area (Å²) in [5.41, 5.74) is 2.69. The number of amides is 1. The zero-order chi connectivity index (χ0) is 22.7.